The molecule has 0 aromatic heterocycles. The zero-order chi connectivity index (χ0) is 16.3. The van der Waals surface area contributed by atoms with Crippen molar-refractivity contribution in [1.82, 2.24) is 4.90 Å². The molecule has 1 aliphatic heterocycles. The second-order valence-electron chi connectivity index (χ2n) is 6.62. The Hall–Kier alpha value is -1.66. The first-order valence-corrected chi connectivity index (χ1v) is 7.42. The third kappa shape index (κ3) is 4.96. The number of hydrogen-bond acceptors (Lipinski definition) is 4. The molecular weight excluding hydrogens is 287 g/mol. The number of hydrogen-bond donors (Lipinski definition) is 2. The van der Waals surface area contributed by atoms with Crippen LogP contribution in [-0.4, -0.2) is 40.9 Å². The van der Waals surface area contributed by atoms with Crippen LogP contribution in [0, 0.1) is 5.82 Å². The van der Waals surface area contributed by atoms with Crippen molar-refractivity contribution in [2.24, 2.45) is 0 Å². The van der Waals surface area contributed by atoms with Gasteiger partial charge in [-0.05, 0) is 44.9 Å². The summed E-state index contributed by atoms with van der Waals surface area (Å²) in [6.45, 7) is 7.24. The van der Waals surface area contributed by atoms with E-state index >= 15 is 0 Å². The summed E-state index contributed by atoms with van der Waals surface area (Å²) < 4.78 is 19.1. The molecule has 1 atom stereocenters. The Morgan fingerprint density at radius 1 is 1.50 bits per heavy atom. The van der Waals surface area contributed by atoms with E-state index in [2.05, 4.69) is 10.2 Å². The minimum absolute atomic E-state index is 0.0967. The van der Waals surface area contributed by atoms with E-state index in [1.807, 2.05) is 0 Å². The lowest BCUT2D eigenvalue weighted by atomic mass is 10.2. The first-order chi connectivity index (χ1) is 10.2. The summed E-state index contributed by atoms with van der Waals surface area (Å²) in [6.07, 6.45) is -0.222. The fourth-order valence-corrected chi connectivity index (χ4v) is 2.39. The Labute approximate surface area is 130 Å². The highest BCUT2D eigenvalue weighted by molar-refractivity contribution is 5.85. The Bertz CT molecular complexity index is 543. The van der Waals surface area contributed by atoms with Gasteiger partial charge in [0.15, 0.2) is 0 Å². The SMILES string of the molecule is CC(C)(C)OC(=O)Nc1ccc(CN2CCC(O)C2)cc1F. The van der Waals surface area contributed by atoms with Crippen molar-refractivity contribution in [3.05, 3.63) is 29.6 Å². The summed E-state index contributed by atoms with van der Waals surface area (Å²) >= 11 is 0. The molecule has 1 aliphatic rings. The predicted molar refractivity (Wildman–Crippen MR) is 82.2 cm³/mol. The Morgan fingerprint density at radius 3 is 2.77 bits per heavy atom. The number of carbonyl (C=O) groups excluding carboxylic acids is 1. The number of aliphatic hydroxyl groups excluding tert-OH is 1. The number of anilines is 1. The summed E-state index contributed by atoms with van der Waals surface area (Å²) in [6, 6.07) is 4.69. The fourth-order valence-electron chi connectivity index (χ4n) is 2.39. The Morgan fingerprint density at radius 2 is 2.23 bits per heavy atom. The van der Waals surface area contributed by atoms with Gasteiger partial charge >= 0.3 is 6.09 Å². The van der Waals surface area contributed by atoms with E-state index in [1.54, 1.807) is 26.8 Å². The van der Waals surface area contributed by atoms with Gasteiger partial charge in [0.1, 0.15) is 11.4 Å². The number of ether oxygens (including phenoxy) is 1. The molecule has 0 saturated carbocycles. The lowest BCUT2D eigenvalue weighted by Crippen LogP contribution is -2.27. The molecule has 0 bridgehead atoms. The van der Waals surface area contributed by atoms with Gasteiger partial charge in [0.2, 0.25) is 0 Å². The van der Waals surface area contributed by atoms with Gasteiger partial charge in [0, 0.05) is 19.6 Å². The first kappa shape index (κ1) is 16.7. The number of aliphatic hydroxyl groups is 1. The van der Waals surface area contributed by atoms with Gasteiger partial charge in [-0.25, -0.2) is 9.18 Å². The summed E-state index contributed by atoms with van der Waals surface area (Å²) in [5, 5.41) is 11.9. The lowest BCUT2D eigenvalue weighted by Gasteiger charge is -2.20. The van der Waals surface area contributed by atoms with Crippen molar-refractivity contribution in [2.45, 2.75) is 45.4 Å². The van der Waals surface area contributed by atoms with Crippen LogP contribution in [0.5, 0.6) is 0 Å². The standard InChI is InChI=1S/C16H23FN2O3/c1-16(2,3)22-15(21)18-14-5-4-11(8-13(14)17)9-19-7-6-12(20)10-19/h4-5,8,12,20H,6-7,9-10H2,1-3H3,(H,18,21). The van der Waals surface area contributed by atoms with Crippen molar-refractivity contribution < 1.29 is 19.0 Å². The molecule has 0 radical (unpaired) electrons. The van der Waals surface area contributed by atoms with Crippen LogP contribution in [0.1, 0.15) is 32.8 Å². The number of likely N-dealkylation sites (tertiary alicyclic amines) is 1. The number of rotatable bonds is 3. The number of halogens is 1. The van der Waals surface area contributed by atoms with Gasteiger partial charge in [-0.1, -0.05) is 6.07 Å². The van der Waals surface area contributed by atoms with E-state index in [1.165, 1.54) is 12.1 Å². The highest BCUT2D eigenvalue weighted by Crippen LogP contribution is 2.20. The molecule has 1 unspecified atom stereocenters. The largest absolute Gasteiger partial charge is 0.444 e. The van der Waals surface area contributed by atoms with Crippen LogP contribution in [0.25, 0.3) is 0 Å². The van der Waals surface area contributed by atoms with Crippen molar-refractivity contribution in [2.75, 3.05) is 18.4 Å². The van der Waals surface area contributed by atoms with Crippen LogP contribution in [0.15, 0.2) is 18.2 Å². The topological polar surface area (TPSA) is 61.8 Å². The Kier molecular flexibility index (Phi) is 5.03. The summed E-state index contributed by atoms with van der Waals surface area (Å²) in [5.74, 6) is -0.497. The minimum atomic E-state index is -0.679. The highest BCUT2D eigenvalue weighted by Gasteiger charge is 2.21. The maximum absolute atomic E-state index is 14.1. The molecule has 122 valence electrons. The average molecular weight is 310 g/mol. The monoisotopic (exact) mass is 310 g/mol. The van der Waals surface area contributed by atoms with E-state index in [4.69, 9.17) is 4.74 Å². The van der Waals surface area contributed by atoms with E-state index in [9.17, 15) is 14.3 Å². The average Bonchev–Trinajstić information content (AvgIpc) is 2.76. The second-order valence-corrected chi connectivity index (χ2v) is 6.62. The van der Waals surface area contributed by atoms with Crippen LogP contribution >= 0.6 is 0 Å². The van der Waals surface area contributed by atoms with Crippen molar-refractivity contribution in [3.63, 3.8) is 0 Å². The maximum Gasteiger partial charge on any atom is 0.412 e. The van der Waals surface area contributed by atoms with Crippen molar-refractivity contribution >= 4 is 11.8 Å². The molecule has 1 saturated heterocycles. The van der Waals surface area contributed by atoms with Crippen LogP contribution in [-0.2, 0) is 11.3 Å². The lowest BCUT2D eigenvalue weighted by molar-refractivity contribution is 0.0635. The molecule has 2 rings (SSSR count). The van der Waals surface area contributed by atoms with E-state index in [-0.39, 0.29) is 11.8 Å². The summed E-state index contributed by atoms with van der Waals surface area (Å²) in [5.41, 5.74) is 0.276. The number of amides is 1. The quantitative estimate of drug-likeness (QED) is 0.901. The van der Waals surface area contributed by atoms with Crippen LogP contribution < -0.4 is 5.32 Å². The molecule has 0 aliphatic carbocycles. The molecule has 1 heterocycles. The molecule has 22 heavy (non-hydrogen) atoms. The van der Waals surface area contributed by atoms with E-state index in [0.29, 0.717) is 13.1 Å². The fraction of sp³-hybridized carbons (Fsp3) is 0.562. The van der Waals surface area contributed by atoms with Gasteiger partial charge in [-0.2, -0.15) is 0 Å². The minimum Gasteiger partial charge on any atom is -0.444 e. The number of carbonyl (C=O) groups is 1. The zero-order valence-corrected chi connectivity index (χ0v) is 13.2. The van der Waals surface area contributed by atoms with Crippen LogP contribution in [0.2, 0.25) is 0 Å². The highest BCUT2D eigenvalue weighted by atomic mass is 19.1. The molecular formula is C16H23FN2O3. The number of nitrogens with one attached hydrogen (secondary N) is 1. The van der Waals surface area contributed by atoms with Crippen molar-refractivity contribution in [3.8, 4) is 0 Å². The normalized spacial score (nSPS) is 19.2. The van der Waals surface area contributed by atoms with Gasteiger partial charge < -0.3 is 9.84 Å². The molecule has 2 N–H and O–H groups in total. The third-order valence-electron chi connectivity index (χ3n) is 3.32. The summed E-state index contributed by atoms with van der Waals surface area (Å²) in [7, 11) is 0. The van der Waals surface area contributed by atoms with Crippen LogP contribution in [0.3, 0.4) is 0 Å². The number of benzene rings is 1. The molecule has 0 spiro atoms. The van der Waals surface area contributed by atoms with Gasteiger partial charge in [0.05, 0.1) is 11.8 Å². The zero-order valence-electron chi connectivity index (χ0n) is 13.2. The molecule has 1 fully saturated rings. The Balaban J connectivity index is 1.96. The molecule has 1 amide bonds. The molecule has 6 heteroatoms. The predicted octanol–water partition coefficient (Wildman–Crippen LogP) is 2.74. The van der Waals surface area contributed by atoms with Gasteiger partial charge in [0.25, 0.3) is 0 Å². The maximum atomic E-state index is 14.1. The van der Waals surface area contributed by atoms with Gasteiger partial charge in [-0.3, -0.25) is 10.2 Å². The van der Waals surface area contributed by atoms with E-state index < -0.39 is 17.5 Å². The number of β-amino-alcohol motifs (C(OH)–C–C–N with tert-alkyl or cyclic N) is 1. The smallest absolute Gasteiger partial charge is 0.412 e. The van der Waals surface area contributed by atoms with Gasteiger partial charge in [-0.15, -0.1) is 0 Å². The summed E-state index contributed by atoms with van der Waals surface area (Å²) in [4.78, 5) is 13.7. The second kappa shape index (κ2) is 6.62. The molecule has 1 aromatic rings. The first-order valence-electron chi connectivity index (χ1n) is 7.42. The van der Waals surface area contributed by atoms with Crippen LogP contribution in [0.4, 0.5) is 14.9 Å². The number of nitrogens with zero attached hydrogens (tertiary/aromatic N) is 1. The van der Waals surface area contributed by atoms with E-state index in [0.717, 1.165) is 18.5 Å². The third-order valence-corrected chi connectivity index (χ3v) is 3.32. The molecule has 1 aromatic carbocycles. The van der Waals surface area contributed by atoms with Crippen molar-refractivity contribution in [1.29, 1.82) is 0 Å². The molecule has 5 nitrogen and oxygen atoms in total.